The van der Waals surface area contributed by atoms with Crippen molar-refractivity contribution in [3.8, 4) is 22.3 Å². The number of hydrogen-bond acceptors (Lipinski definition) is 1. The van der Waals surface area contributed by atoms with Crippen molar-refractivity contribution in [2.75, 3.05) is 6.54 Å². The van der Waals surface area contributed by atoms with Gasteiger partial charge in [-0.25, -0.2) is 0 Å². The zero-order valence-electron chi connectivity index (χ0n) is 20.8. The van der Waals surface area contributed by atoms with Gasteiger partial charge in [-0.05, 0) is 90.5 Å². The van der Waals surface area contributed by atoms with Crippen LogP contribution in [0.3, 0.4) is 0 Å². The average Bonchev–Trinajstić information content (AvgIpc) is 2.96. The van der Waals surface area contributed by atoms with Crippen molar-refractivity contribution < 1.29 is 0 Å². The van der Waals surface area contributed by atoms with Crippen LogP contribution in [0.15, 0.2) is 133 Å². The van der Waals surface area contributed by atoms with E-state index < -0.39 is 0 Å². The zero-order valence-corrected chi connectivity index (χ0v) is 20.8. The highest BCUT2D eigenvalue weighted by Gasteiger charge is 2.17. The summed E-state index contributed by atoms with van der Waals surface area (Å²) < 4.78 is 0. The SMILES string of the molecule is CC1=CNCC(c2ccc(-c3c4ccccc4c(-c4ccc5ccccc5c4)c4ccccc34)cc2)=C1. The van der Waals surface area contributed by atoms with Gasteiger partial charge in [0.15, 0.2) is 0 Å². The number of dihydropyridines is 1. The van der Waals surface area contributed by atoms with Gasteiger partial charge in [0, 0.05) is 6.54 Å². The summed E-state index contributed by atoms with van der Waals surface area (Å²) in [7, 11) is 0. The third-order valence-corrected chi connectivity index (χ3v) is 7.54. The summed E-state index contributed by atoms with van der Waals surface area (Å²) >= 11 is 0. The van der Waals surface area contributed by atoms with Gasteiger partial charge in [0.1, 0.15) is 0 Å². The fourth-order valence-electron chi connectivity index (χ4n) is 5.82. The van der Waals surface area contributed by atoms with Gasteiger partial charge in [-0.3, -0.25) is 0 Å². The van der Waals surface area contributed by atoms with Gasteiger partial charge in [-0.2, -0.15) is 0 Å². The van der Waals surface area contributed by atoms with Crippen molar-refractivity contribution in [1.29, 1.82) is 0 Å². The Kier molecular flexibility index (Phi) is 5.15. The third kappa shape index (κ3) is 3.72. The van der Waals surface area contributed by atoms with E-state index in [2.05, 4.69) is 140 Å². The molecule has 0 saturated carbocycles. The van der Waals surface area contributed by atoms with E-state index in [0.717, 1.165) is 6.54 Å². The van der Waals surface area contributed by atoms with E-state index in [4.69, 9.17) is 0 Å². The highest BCUT2D eigenvalue weighted by atomic mass is 14.8. The molecule has 176 valence electrons. The number of fused-ring (bicyclic) bond motifs is 3. The van der Waals surface area contributed by atoms with Gasteiger partial charge in [-0.15, -0.1) is 0 Å². The maximum absolute atomic E-state index is 3.38. The molecule has 6 aromatic rings. The van der Waals surface area contributed by atoms with E-state index in [-0.39, 0.29) is 0 Å². The maximum Gasteiger partial charge on any atom is 0.0401 e. The second kappa shape index (κ2) is 8.80. The lowest BCUT2D eigenvalue weighted by Gasteiger charge is -2.19. The zero-order chi connectivity index (χ0) is 24.8. The lowest BCUT2D eigenvalue weighted by molar-refractivity contribution is 0.969. The Morgan fingerprint density at radius 3 is 1.65 bits per heavy atom. The summed E-state index contributed by atoms with van der Waals surface area (Å²) in [5.74, 6) is 0. The van der Waals surface area contributed by atoms with Crippen LogP contribution in [-0.4, -0.2) is 6.54 Å². The first-order valence-electron chi connectivity index (χ1n) is 12.9. The second-order valence-corrected chi connectivity index (χ2v) is 9.92. The van der Waals surface area contributed by atoms with Gasteiger partial charge in [0.2, 0.25) is 0 Å². The molecule has 0 unspecified atom stereocenters. The molecular formula is C36H27N. The molecule has 7 rings (SSSR count). The van der Waals surface area contributed by atoms with Crippen LogP contribution < -0.4 is 5.32 Å². The number of nitrogens with one attached hydrogen (secondary N) is 1. The number of benzene rings is 6. The van der Waals surface area contributed by atoms with Crippen LogP contribution in [0.4, 0.5) is 0 Å². The van der Waals surface area contributed by atoms with Crippen LogP contribution in [-0.2, 0) is 0 Å². The Morgan fingerprint density at radius 2 is 1.03 bits per heavy atom. The average molecular weight is 474 g/mol. The monoisotopic (exact) mass is 473 g/mol. The third-order valence-electron chi connectivity index (χ3n) is 7.54. The van der Waals surface area contributed by atoms with Crippen molar-refractivity contribution in [3.05, 3.63) is 139 Å². The van der Waals surface area contributed by atoms with Crippen LogP contribution in [0.1, 0.15) is 12.5 Å². The minimum atomic E-state index is 0.864. The van der Waals surface area contributed by atoms with Gasteiger partial charge in [0.05, 0.1) is 0 Å². The summed E-state index contributed by atoms with van der Waals surface area (Å²) in [5, 5.41) is 11.1. The molecule has 0 atom stereocenters. The molecule has 0 saturated heterocycles. The van der Waals surface area contributed by atoms with Crippen LogP contribution >= 0.6 is 0 Å². The Morgan fingerprint density at radius 1 is 0.514 bits per heavy atom. The second-order valence-electron chi connectivity index (χ2n) is 9.92. The normalized spacial score (nSPS) is 13.4. The van der Waals surface area contributed by atoms with E-state index >= 15 is 0 Å². The molecule has 6 aromatic carbocycles. The summed E-state index contributed by atoms with van der Waals surface area (Å²) in [6, 6.07) is 42.3. The molecule has 37 heavy (non-hydrogen) atoms. The van der Waals surface area contributed by atoms with E-state index in [1.165, 1.54) is 71.3 Å². The van der Waals surface area contributed by atoms with Crippen LogP contribution in [0, 0.1) is 0 Å². The fourth-order valence-corrected chi connectivity index (χ4v) is 5.82. The predicted molar refractivity (Wildman–Crippen MR) is 160 cm³/mol. The molecule has 1 aliphatic rings. The van der Waals surface area contributed by atoms with Crippen molar-refractivity contribution in [1.82, 2.24) is 5.32 Å². The summed E-state index contributed by atoms with van der Waals surface area (Å²) in [5.41, 5.74) is 8.96. The molecule has 0 aliphatic carbocycles. The van der Waals surface area contributed by atoms with Crippen molar-refractivity contribution in [2.24, 2.45) is 0 Å². The van der Waals surface area contributed by atoms with Crippen LogP contribution in [0.25, 0.3) is 60.1 Å². The van der Waals surface area contributed by atoms with E-state index in [9.17, 15) is 0 Å². The number of rotatable bonds is 3. The largest absolute Gasteiger partial charge is 0.387 e. The fraction of sp³-hybridized carbons (Fsp3) is 0.0556. The standard InChI is InChI=1S/C36H27N/c1-24-20-30(23-37-22-24)26-14-17-27(18-15-26)35-31-10-4-6-12-33(31)36(34-13-7-5-11-32(34)35)29-19-16-25-8-2-3-9-28(25)21-29/h2-22,37H,23H2,1H3. The van der Waals surface area contributed by atoms with Gasteiger partial charge < -0.3 is 5.32 Å². The molecule has 0 amide bonds. The topological polar surface area (TPSA) is 12.0 Å². The predicted octanol–water partition coefficient (Wildman–Crippen LogP) is 9.37. The smallest absolute Gasteiger partial charge is 0.0401 e. The molecule has 1 heteroatoms. The minimum Gasteiger partial charge on any atom is -0.387 e. The molecule has 0 fully saturated rings. The summed E-state index contributed by atoms with van der Waals surface area (Å²) in [6.45, 7) is 3.00. The van der Waals surface area contributed by atoms with E-state index in [1.807, 2.05) is 0 Å². The first-order chi connectivity index (χ1) is 18.3. The Labute approximate surface area is 217 Å². The summed E-state index contributed by atoms with van der Waals surface area (Å²) in [4.78, 5) is 0. The molecular weight excluding hydrogens is 446 g/mol. The van der Waals surface area contributed by atoms with E-state index in [1.54, 1.807) is 0 Å². The van der Waals surface area contributed by atoms with Gasteiger partial charge >= 0.3 is 0 Å². The van der Waals surface area contributed by atoms with Crippen molar-refractivity contribution in [2.45, 2.75) is 6.92 Å². The van der Waals surface area contributed by atoms with Crippen molar-refractivity contribution >= 4 is 37.9 Å². The Bertz CT molecular complexity index is 1810. The molecule has 1 nitrogen and oxygen atoms in total. The summed E-state index contributed by atoms with van der Waals surface area (Å²) in [6.07, 6.45) is 4.35. The molecule has 0 bridgehead atoms. The lowest BCUT2D eigenvalue weighted by atomic mass is 9.85. The Hall–Kier alpha value is -4.62. The van der Waals surface area contributed by atoms with Crippen LogP contribution in [0.2, 0.25) is 0 Å². The first kappa shape index (κ1) is 21.6. The molecule has 0 spiro atoms. The highest BCUT2D eigenvalue weighted by molar-refractivity contribution is 6.21. The van der Waals surface area contributed by atoms with Gasteiger partial charge in [0.25, 0.3) is 0 Å². The highest BCUT2D eigenvalue weighted by Crippen LogP contribution is 2.44. The molecule has 1 N–H and O–H groups in total. The molecule has 0 aromatic heterocycles. The minimum absolute atomic E-state index is 0.864. The number of hydrogen-bond donors (Lipinski definition) is 1. The van der Waals surface area contributed by atoms with E-state index in [0.29, 0.717) is 0 Å². The molecule has 0 radical (unpaired) electrons. The first-order valence-corrected chi connectivity index (χ1v) is 12.9. The van der Waals surface area contributed by atoms with Crippen LogP contribution in [0.5, 0.6) is 0 Å². The maximum atomic E-state index is 3.38. The van der Waals surface area contributed by atoms with Gasteiger partial charge in [-0.1, -0.05) is 115 Å². The van der Waals surface area contributed by atoms with Crippen molar-refractivity contribution in [3.63, 3.8) is 0 Å². The molecule has 1 heterocycles. The number of allylic oxidation sites excluding steroid dienone is 2. The quantitative estimate of drug-likeness (QED) is 0.252. The Balaban J connectivity index is 1.47. The lowest BCUT2D eigenvalue weighted by Crippen LogP contribution is -2.13. The molecule has 1 aliphatic heterocycles.